The number of nitrogens with one attached hydrogen (secondary N) is 1. The van der Waals surface area contributed by atoms with E-state index in [1.54, 1.807) is 0 Å². The maximum absolute atomic E-state index is 11.6. The van der Waals surface area contributed by atoms with Crippen LogP contribution in [0.5, 0.6) is 0 Å². The minimum absolute atomic E-state index is 0.123. The van der Waals surface area contributed by atoms with Crippen molar-refractivity contribution in [2.75, 3.05) is 11.9 Å². The first kappa shape index (κ1) is 13.4. The van der Waals surface area contributed by atoms with Gasteiger partial charge in [-0.3, -0.25) is 9.36 Å². The minimum Gasteiger partial charge on any atom is -0.393 e. The fourth-order valence-electron chi connectivity index (χ4n) is 1.37. The van der Waals surface area contributed by atoms with Crippen LogP contribution in [-0.2, 0) is 14.1 Å². The summed E-state index contributed by atoms with van der Waals surface area (Å²) in [5.41, 5.74) is -0.923. The molecule has 0 aliphatic rings. The second-order valence-electron chi connectivity index (χ2n) is 3.90. The molecule has 96 valence electrons. The summed E-state index contributed by atoms with van der Waals surface area (Å²) in [7, 11) is 2.88. The van der Waals surface area contributed by atoms with E-state index in [9.17, 15) is 14.7 Å². The normalized spacial score (nSPS) is 12.5. The van der Waals surface area contributed by atoms with Gasteiger partial charge >= 0.3 is 5.69 Å². The first-order chi connectivity index (χ1) is 7.97. The minimum atomic E-state index is -0.464. The van der Waals surface area contributed by atoms with Crippen molar-refractivity contribution in [1.29, 1.82) is 0 Å². The SMILES string of the molecule is CCC(O)CCNc1nn(C)c(=O)n(C)c1=O. The van der Waals surface area contributed by atoms with E-state index < -0.39 is 11.2 Å². The number of aliphatic hydroxyl groups excluding tert-OH is 1. The highest BCUT2D eigenvalue weighted by molar-refractivity contribution is 5.29. The topological polar surface area (TPSA) is 89.2 Å². The number of nitrogens with zero attached hydrogens (tertiary/aromatic N) is 3. The van der Waals surface area contributed by atoms with Gasteiger partial charge in [0.05, 0.1) is 6.10 Å². The monoisotopic (exact) mass is 242 g/mol. The standard InChI is InChI=1S/C10H18N4O3/c1-4-7(15)5-6-11-8-9(16)13(2)10(17)14(3)12-8/h7,15H,4-6H2,1-3H3,(H,11,12). The fraction of sp³-hybridized carbons (Fsp3) is 0.700. The van der Waals surface area contributed by atoms with Crippen molar-refractivity contribution in [2.45, 2.75) is 25.9 Å². The number of anilines is 1. The molecule has 1 atom stereocenters. The molecule has 7 heteroatoms. The van der Waals surface area contributed by atoms with E-state index in [1.165, 1.54) is 14.1 Å². The van der Waals surface area contributed by atoms with Crippen molar-refractivity contribution in [2.24, 2.45) is 14.1 Å². The Balaban J connectivity index is 2.80. The van der Waals surface area contributed by atoms with Crippen LogP contribution in [0.1, 0.15) is 19.8 Å². The van der Waals surface area contributed by atoms with Gasteiger partial charge in [-0.15, -0.1) is 5.10 Å². The van der Waals surface area contributed by atoms with Crippen LogP contribution >= 0.6 is 0 Å². The average Bonchev–Trinajstić information content (AvgIpc) is 2.32. The highest BCUT2D eigenvalue weighted by atomic mass is 16.3. The van der Waals surface area contributed by atoms with Gasteiger partial charge in [0, 0.05) is 20.6 Å². The molecule has 1 unspecified atom stereocenters. The molecule has 1 aromatic heterocycles. The van der Waals surface area contributed by atoms with Crippen LogP contribution in [0.3, 0.4) is 0 Å². The zero-order valence-electron chi connectivity index (χ0n) is 10.3. The zero-order valence-corrected chi connectivity index (χ0v) is 10.3. The molecule has 0 aliphatic heterocycles. The van der Waals surface area contributed by atoms with E-state index in [2.05, 4.69) is 10.4 Å². The van der Waals surface area contributed by atoms with Crippen LogP contribution in [0.15, 0.2) is 9.59 Å². The lowest BCUT2D eigenvalue weighted by molar-refractivity contribution is 0.164. The lowest BCUT2D eigenvalue weighted by Gasteiger charge is -2.10. The second-order valence-corrected chi connectivity index (χ2v) is 3.90. The van der Waals surface area contributed by atoms with E-state index in [4.69, 9.17) is 0 Å². The first-order valence-corrected chi connectivity index (χ1v) is 5.53. The Kier molecular flexibility index (Phi) is 4.45. The van der Waals surface area contributed by atoms with E-state index in [0.717, 1.165) is 9.25 Å². The summed E-state index contributed by atoms with van der Waals surface area (Å²) in [4.78, 5) is 23.0. The highest BCUT2D eigenvalue weighted by Gasteiger charge is 2.08. The Bertz CT molecular complexity index is 491. The molecule has 0 aliphatic carbocycles. The van der Waals surface area contributed by atoms with Crippen LogP contribution in [0.2, 0.25) is 0 Å². The van der Waals surface area contributed by atoms with Crippen molar-refractivity contribution in [3.8, 4) is 0 Å². The molecule has 0 saturated carbocycles. The summed E-state index contributed by atoms with van der Waals surface area (Å²) in [5, 5.41) is 16.0. The molecule has 2 N–H and O–H groups in total. The number of hydrogen-bond donors (Lipinski definition) is 2. The first-order valence-electron chi connectivity index (χ1n) is 5.53. The van der Waals surface area contributed by atoms with Gasteiger partial charge in [-0.05, 0) is 12.8 Å². The summed E-state index contributed by atoms with van der Waals surface area (Å²) in [5.74, 6) is 0.123. The summed E-state index contributed by atoms with van der Waals surface area (Å²) >= 11 is 0. The molecular formula is C10H18N4O3. The molecule has 7 nitrogen and oxygen atoms in total. The van der Waals surface area contributed by atoms with Gasteiger partial charge in [-0.1, -0.05) is 6.92 Å². The van der Waals surface area contributed by atoms with Crippen molar-refractivity contribution in [3.05, 3.63) is 20.8 Å². The Hall–Kier alpha value is -1.63. The molecule has 0 amide bonds. The molecule has 0 fully saturated rings. The quantitative estimate of drug-likeness (QED) is 0.695. The molecule has 1 heterocycles. The molecule has 0 saturated heterocycles. The summed E-state index contributed by atoms with van der Waals surface area (Å²) in [6, 6.07) is 0. The third-order valence-corrected chi connectivity index (χ3v) is 2.56. The van der Waals surface area contributed by atoms with Crippen LogP contribution in [-0.4, -0.2) is 32.1 Å². The molecule has 0 spiro atoms. The van der Waals surface area contributed by atoms with Crippen molar-refractivity contribution in [3.63, 3.8) is 0 Å². The molecule has 1 aromatic rings. The van der Waals surface area contributed by atoms with Crippen molar-refractivity contribution < 1.29 is 5.11 Å². The van der Waals surface area contributed by atoms with Crippen LogP contribution in [0.4, 0.5) is 5.82 Å². The summed E-state index contributed by atoms with van der Waals surface area (Å²) in [6.45, 7) is 2.32. The van der Waals surface area contributed by atoms with E-state index in [1.807, 2.05) is 6.92 Å². The lowest BCUT2D eigenvalue weighted by Crippen LogP contribution is -2.40. The number of rotatable bonds is 5. The van der Waals surface area contributed by atoms with Crippen molar-refractivity contribution >= 4 is 5.82 Å². The van der Waals surface area contributed by atoms with Crippen molar-refractivity contribution in [1.82, 2.24) is 14.3 Å². The number of aliphatic hydroxyl groups is 1. The van der Waals surface area contributed by atoms with Gasteiger partial charge < -0.3 is 10.4 Å². The predicted molar refractivity (Wildman–Crippen MR) is 64.1 cm³/mol. The van der Waals surface area contributed by atoms with Gasteiger partial charge in [0.15, 0.2) is 0 Å². The van der Waals surface area contributed by atoms with E-state index in [0.29, 0.717) is 19.4 Å². The lowest BCUT2D eigenvalue weighted by atomic mass is 10.2. The number of hydrogen-bond acceptors (Lipinski definition) is 5. The molecule has 1 rings (SSSR count). The maximum atomic E-state index is 11.6. The second kappa shape index (κ2) is 5.62. The number of aryl methyl sites for hydroxylation is 1. The Morgan fingerprint density at radius 3 is 2.65 bits per heavy atom. The summed E-state index contributed by atoms with van der Waals surface area (Å²) in [6.07, 6.45) is 0.809. The molecule has 0 radical (unpaired) electrons. The maximum Gasteiger partial charge on any atom is 0.346 e. The molecule has 0 aromatic carbocycles. The molecule has 0 bridgehead atoms. The predicted octanol–water partition coefficient (Wildman–Crippen LogP) is -0.948. The Morgan fingerprint density at radius 2 is 2.06 bits per heavy atom. The van der Waals surface area contributed by atoms with Gasteiger partial charge in [-0.2, -0.15) is 0 Å². The van der Waals surface area contributed by atoms with Crippen LogP contribution in [0, 0.1) is 0 Å². The molecular weight excluding hydrogens is 224 g/mol. The Morgan fingerprint density at radius 1 is 1.41 bits per heavy atom. The third-order valence-electron chi connectivity index (χ3n) is 2.56. The van der Waals surface area contributed by atoms with Crippen LogP contribution in [0.25, 0.3) is 0 Å². The molecule has 17 heavy (non-hydrogen) atoms. The summed E-state index contributed by atoms with van der Waals surface area (Å²) < 4.78 is 2.09. The van der Waals surface area contributed by atoms with Gasteiger partial charge in [0.2, 0.25) is 5.82 Å². The van der Waals surface area contributed by atoms with E-state index in [-0.39, 0.29) is 11.9 Å². The third kappa shape index (κ3) is 3.16. The van der Waals surface area contributed by atoms with Gasteiger partial charge in [-0.25, -0.2) is 9.48 Å². The zero-order chi connectivity index (χ0) is 13.0. The fourth-order valence-corrected chi connectivity index (χ4v) is 1.37. The van der Waals surface area contributed by atoms with Crippen LogP contribution < -0.4 is 16.6 Å². The largest absolute Gasteiger partial charge is 0.393 e. The number of aromatic nitrogens is 3. The van der Waals surface area contributed by atoms with Gasteiger partial charge in [0.25, 0.3) is 5.56 Å². The smallest absolute Gasteiger partial charge is 0.346 e. The Labute approximate surface area is 98.7 Å². The average molecular weight is 242 g/mol. The van der Waals surface area contributed by atoms with E-state index >= 15 is 0 Å². The van der Waals surface area contributed by atoms with Gasteiger partial charge in [0.1, 0.15) is 0 Å². The highest BCUT2D eigenvalue weighted by Crippen LogP contribution is 1.97.